The van der Waals surface area contributed by atoms with E-state index in [0.717, 1.165) is 31.1 Å². The van der Waals surface area contributed by atoms with E-state index in [9.17, 15) is 4.79 Å². The smallest absolute Gasteiger partial charge is 0.314 e. The van der Waals surface area contributed by atoms with Crippen molar-refractivity contribution < 1.29 is 4.79 Å². The molecule has 2 N–H and O–H groups in total. The van der Waals surface area contributed by atoms with Crippen LogP contribution in [0.3, 0.4) is 0 Å². The molecule has 6 heteroatoms. The van der Waals surface area contributed by atoms with Gasteiger partial charge in [0.15, 0.2) is 5.13 Å². The first kappa shape index (κ1) is 12.2. The van der Waals surface area contributed by atoms with Crippen LogP contribution in [0.5, 0.6) is 0 Å². The largest absolute Gasteiger partial charge is 0.348 e. The first-order valence-corrected chi connectivity index (χ1v) is 6.86. The molecule has 0 saturated carbocycles. The quantitative estimate of drug-likeness (QED) is 0.858. The molecule has 0 atom stereocenters. The number of thiazole rings is 1. The maximum Gasteiger partial charge on any atom is 0.314 e. The molecule has 1 aromatic heterocycles. The van der Waals surface area contributed by atoms with Gasteiger partial charge in [-0.1, -0.05) is 0 Å². The molecular formula is C11H18N4OS. The fourth-order valence-corrected chi connectivity index (χ4v) is 2.68. The van der Waals surface area contributed by atoms with E-state index in [1.165, 1.54) is 0 Å². The molecule has 2 heterocycles. The summed E-state index contributed by atoms with van der Waals surface area (Å²) in [5.41, 5.74) is 0. The summed E-state index contributed by atoms with van der Waals surface area (Å²) in [4.78, 5) is 18.0. The molecule has 0 aliphatic carbocycles. The molecule has 0 spiro atoms. The number of carbonyl (C=O) groups excluding carboxylic acids is 1. The van der Waals surface area contributed by atoms with Crippen molar-refractivity contribution >= 4 is 22.5 Å². The Balaban J connectivity index is 1.76. The lowest BCUT2D eigenvalue weighted by molar-refractivity contribution is 0.235. The first-order valence-electron chi connectivity index (χ1n) is 5.98. The first-order chi connectivity index (χ1) is 8.29. The Morgan fingerprint density at radius 2 is 2.35 bits per heavy atom. The zero-order valence-corrected chi connectivity index (χ0v) is 10.8. The molecule has 5 nitrogen and oxygen atoms in total. The van der Waals surface area contributed by atoms with Gasteiger partial charge in [-0.05, 0) is 19.8 Å². The Hall–Kier alpha value is -1.30. The van der Waals surface area contributed by atoms with Crippen LogP contribution in [0, 0.1) is 0 Å². The maximum atomic E-state index is 11.4. The molecule has 1 fully saturated rings. The van der Waals surface area contributed by atoms with Crippen molar-refractivity contribution in [1.82, 2.24) is 15.6 Å². The number of rotatable bonds is 3. The number of anilines is 1. The van der Waals surface area contributed by atoms with E-state index >= 15 is 0 Å². The van der Waals surface area contributed by atoms with Crippen LogP contribution in [0.4, 0.5) is 9.93 Å². The Morgan fingerprint density at radius 3 is 2.94 bits per heavy atom. The molecule has 94 valence electrons. The van der Waals surface area contributed by atoms with Gasteiger partial charge in [0.05, 0.1) is 0 Å². The summed E-state index contributed by atoms with van der Waals surface area (Å²) in [7, 11) is 0. The topological polar surface area (TPSA) is 57.3 Å². The van der Waals surface area contributed by atoms with Gasteiger partial charge in [-0.3, -0.25) is 0 Å². The van der Waals surface area contributed by atoms with Crippen molar-refractivity contribution in [3.63, 3.8) is 0 Å². The highest BCUT2D eigenvalue weighted by Crippen LogP contribution is 2.21. The number of nitrogens with zero attached hydrogens (tertiary/aromatic N) is 2. The number of urea groups is 1. The number of amides is 2. The highest BCUT2D eigenvalue weighted by molar-refractivity contribution is 7.13. The molecule has 0 radical (unpaired) electrons. The average molecular weight is 254 g/mol. The van der Waals surface area contributed by atoms with E-state index in [2.05, 4.69) is 20.5 Å². The van der Waals surface area contributed by atoms with Crippen LogP contribution in [-0.2, 0) is 0 Å². The molecule has 17 heavy (non-hydrogen) atoms. The van der Waals surface area contributed by atoms with Crippen LogP contribution < -0.4 is 15.5 Å². The summed E-state index contributed by atoms with van der Waals surface area (Å²) in [6.07, 6.45) is 3.80. The van der Waals surface area contributed by atoms with Crippen LogP contribution in [0.15, 0.2) is 11.6 Å². The molecule has 0 aromatic carbocycles. The zero-order chi connectivity index (χ0) is 12.1. The molecule has 2 rings (SSSR count). The third-order valence-electron chi connectivity index (χ3n) is 2.86. The van der Waals surface area contributed by atoms with Crippen molar-refractivity contribution in [2.45, 2.75) is 25.8 Å². The van der Waals surface area contributed by atoms with Gasteiger partial charge < -0.3 is 15.5 Å². The predicted octanol–water partition coefficient (Wildman–Crippen LogP) is 1.43. The molecule has 0 unspecified atom stereocenters. The second-order valence-electron chi connectivity index (χ2n) is 4.08. The highest BCUT2D eigenvalue weighted by Gasteiger charge is 2.21. The summed E-state index contributed by atoms with van der Waals surface area (Å²) in [5.74, 6) is 0. The number of hydrogen-bond acceptors (Lipinski definition) is 4. The summed E-state index contributed by atoms with van der Waals surface area (Å²) in [6, 6.07) is 0.234. The van der Waals surface area contributed by atoms with Gasteiger partial charge in [0.1, 0.15) is 0 Å². The van der Waals surface area contributed by atoms with Gasteiger partial charge in [0.25, 0.3) is 0 Å². The van der Waals surface area contributed by atoms with Gasteiger partial charge in [-0.25, -0.2) is 9.78 Å². The second kappa shape index (κ2) is 5.86. The average Bonchev–Trinajstić information content (AvgIpc) is 2.84. The summed E-state index contributed by atoms with van der Waals surface area (Å²) < 4.78 is 0. The minimum absolute atomic E-state index is 0.0554. The Kier molecular flexibility index (Phi) is 4.19. The second-order valence-corrected chi connectivity index (χ2v) is 4.95. The molecule has 1 aliphatic rings. The van der Waals surface area contributed by atoms with Crippen molar-refractivity contribution in [1.29, 1.82) is 0 Å². The number of piperidine rings is 1. The van der Waals surface area contributed by atoms with Gasteiger partial charge in [0, 0.05) is 37.3 Å². The number of aromatic nitrogens is 1. The van der Waals surface area contributed by atoms with E-state index in [-0.39, 0.29) is 12.1 Å². The lowest BCUT2D eigenvalue weighted by atomic mass is 10.1. The molecular weight excluding hydrogens is 236 g/mol. The van der Waals surface area contributed by atoms with Gasteiger partial charge >= 0.3 is 6.03 Å². The zero-order valence-electron chi connectivity index (χ0n) is 9.98. The van der Waals surface area contributed by atoms with E-state index in [1.807, 2.05) is 18.5 Å². The van der Waals surface area contributed by atoms with Crippen LogP contribution in [0.25, 0.3) is 0 Å². The fourth-order valence-electron chi connectivity index (χ4n) is 1.98. The number of nitrogens with one attached hydrogen (secondary N) is 2. The Labute approximate surface area is 105 Å². The number of hydrogen-bond donors (Lipinski definition) is 2. The molecule has 2 amide bonds. The van der Waals surface area contributed by atoms with Crippen LogP contribution in [0.1, 0.15) is 19.8 Å². The molecule has 1 aliphatic heterocycles. The van der Waals surface area contributed by atoms with E-state index < -0.39 is 0 Å². The number of carbonyl (C=O) groups is 1. The Morgan fingerprint density at radius 1 is 1.59 bits per heavy atom. The third kappa shape index (κ3) is 3.33. The minimum atomic E-state index is -0.0554. The fraction of sp³-hybridized carbons (Fsp3) is 0.636. The molecule has 0 bridgehead atoms. The lowest BCUT2D eigenvalue weighted by Crippen LogP contribution is -2.47. The standard InChI is InChI=1S/C11H18N4OS/c1-2-12-10(16)14-9-3-6-15(7-4-9)11-13-5-8-17-11/h5,8-9H,2-4,6-7H2,1H3,(H2,12,14,16). The van der Waals surface area contributed by atoms with Gasteiger partial charge in [-0.2, -0.15) is 0 Å². The maximum absolute atomic E-state index is 11.4. The molecule has 1 aromatic rings. The van der Waals surface area contributed by atoms with Crippen LogP contribution in [0.2, 0.25) is 0 Å². The Bertz CT molecular complexity index is 346. The third-order valence-corrected chi connectivity index (χ3v) is 3.69. The molecule has 1 saturated heterocycles. The summed E-state index contributed by atoms with van der Waals surface area (Å²) in [5, 5.41) is 8.83. The predicted molar refractivity (Wildman–Crippen MR) is 69.6 cm³/mol. The van der Waals surface area contributed by atoms with Crippen molar-refractivity contribution in [2.75, 3.05) is 24.5 Å². The van der Waals surface area contributed by atoms with Crippen molar-refractivity contribution in [3.8, 4) is 0 Å². The van der Waals surface area contributed by atoms with Gasteiger partial charge in [0.2, 0.25) is 0 Å². The van der Waals surface area contributed by atoms with E-state index in [0.29, 0.717) is 6.54 Å². The monoisotopic (exact) mass is 254 g/mol. The van der Waals surface area contributed by atoms with Gasteiger partial charge in [-0.15, -0.1) is 11.3 Å². The van der Waals surface area contributed by atoms with Crippen LogP contribution >= 0.6 is 11.3 Å². The minimum Gasteiger partial charge on any atom is -0.348 e. The summed E-state index contributed by atoms with van der Waals surface area (Å²) in [6.45, 7) is 4.52. The SMILES string of the molecule is CCNC(=O)NC1CCN(c2nccs2)CC1. The van der Waals surface area contributed by atoms with Crippen LogP contribution in [-0.4, -0.2) is 36.7 Å². The normalized spacial score (nSPS) is 16.9. The van der Waals surface area contributed by atoms with Crippen molar-refractivity contribution in [3.05, 3.63) is 11.6 Å². The summed E-state index contributed by atoms with van der Waals surface area (Å²) >= 11 is 1.67. The van der Waals surface area contributed by atoms with Crippen molar-refractivity contribution in [2.24, 2.45) is 0 Å². The highest BCUT2D eigenvalue weighted by atomic mass is 32.1. The van der Waals surface area contributed by atoms with E-state index in [4.69, 9.17) is 0 Å². The van der Waals surface area contributed by atoms with E-state index in [1.54, 1.807) is 11.3 Å². The lowest BCUT2D eigenvalue weighted by Gasteiger charge is -2.32.